The summed E-state index contributed by atoms with van der Waals surface area (Å²) in [5, 5.41) is 6.69. The molecule has 1 aliphatic heterocycles. The Morgan fingerprint density at radius 3 is 2.43 bits per heavy atom. The Morgan fingerprint density at radius 1 is 1.13 bits per heavy atom. The normalized spacial score (nSPS) is 26.0. The van der Waals surface area contributed by atoms with Crippen LogP contribution >= 0.6 is 0 Å². The predicted molar refractivity (Wildman–Crippen MR) is 96.4 cm³/mol. The molecule has 0 bridgehead atoms. The lowest BCUT2D eigenvalue weighted by atomic mass is 9.83. The number of carbonyl (C=O) groups is 1. The number of hydrogen-bond acceptors (Lipinski definition) is 3. The van der Waals surface area contributed by atoms with E-state index in [1.807, 2.05) is 0 Å². The molecule has 0 spiro atoms. The van der Waals surface area contributed by atoms with Crippen molar-refractivity contribution in [2.45, 2.75) is 64.3 Å². The van der Waals surface area contributed by atoms with Gasteiger partial charge in [-0.25, -0.2) is 0 Å². The van der Waals surface area contributed by atoms with Crippen LogP contribution < -0.4 is 10.6 Å². The molecule has 3 atom stereocenters. The van der Waals surface area contributed by atoms with E-state index >= 15 is 0 Å². The van der Waals surface area contributed by atoms with Gasteiger partial charge in [-0.1, -0.05) is 26.2 Å². The van der Waals surface area contributed by atoms with Crippen LogP contribution in [0.15, 0.2) is 0 Å². The van der Waals surface area contributed by atoms with Gasteiger partial charge in [-0.3, -0.25) is 4.79 Å². The summed E-state index contributed by atoms with van der Waals surface area (Å²) in [4.78, 5) is 14.7. The number of rotatable bonds is 7. The first-order valence-electron chi connectivity index (χ1n) is 9.71. The van der Waals surface area contributed by atoms with Crippen LogP contribution in [0.4, 0.5) is 0 Å². The van der Waals surface area contributed by atoms with Crippen LogP contribution in [0.1, 0.15) is 58.3 Å². The van der Waals surface area contributed by atoms with Crippen molar-refractivity contribution in [1.82, 2.24) is 15.5 Å². The molecule has 2 aliphatic rings. The van der Waals surface area contributed by atoms with E-state index in [4.69, 9.17) is 0 Å². The Hall–Kier alpha value is -0.610. The summed E-state index contributed by atoms with van der Waals surface area (Å²) in [6.07, 6.45) is 9.94. The number of piperidine rings is 1. The minimum absolute atomic E-state index is 0.241. The van der Waals surface area contributed by atoms with Gasteiger partial charge in [0.1, 0.15) is 0 Å². The monoisotopic (exact) mass is 323 g/mol. The largest absolute Gasteiger partial charge is 0.355 e. The lowest BCUT2D eigenvalue weighted by molar-refractivity contribution is -0.122. The second-order valence-corrected chi connectivity index (χ2v) is 8.02. The SMILES string of the molecule is CC(CC(=O)NCC(C1CCCCC1)N(C)C)C1CCCNC1. The fraction of sp³-hybridized carbons (Fsp3) is 0.947. The van der Waals surface area contributed by atoms with E-state index < -0.39 is 0 Å². The summed E-state index contributed by atoms with van der Waals surface area (Å²) in [5.74, 6) is 2.14. The summed E-state index contributed by atoms with van der Waals surface area (Å²) in [6.45, 7) is 5.27. The highest BCUT2D eigenvalue weighted by Gasteiger charge is 2.26. The molecule has 2 rings (SSSR count). The number of nitrogens with zero attached hydrogens (tertiary/aromatic N) is 1. The predicted octanol–water partition coefficient (Wildman–Crippen LogP) is 2.64. The molecule has 2 N–H and O–H groups in total. The molecule has 1 aliphatic carbocycles. The van der Waals surface area contributed by atoms with Crippen LogP contribution in [0.3, 0.4) is 0 Å². The van der Waals surface area contributed by atoms with Crippen LogP contribution in [0.25, 0.3) is 0 Å². The van der Waals surface area contributed by atoms with Crippen LogP contribution in [0.2, 0.25) is 0 Å². The molecule has 0 radical (unpaired) electrons. The van der Waals surface area contributed by atoms with Gasteiger partial charge in [-0.15, -0.1) is 0 Å². The van der Waals surface area contributed by atoms with Crippen molar-refractivity contribution >= 4 is 5.91 Å². The molecule has 3 unspecified atom stereocenters. The average molecular weight is 324 g/mol. The Balaban J connectivity index is 1.74. The molecule has 0 aromatic rings. The van der Waals surface area contributed by atoms with Crippen molar-refractivity contribution in [3.8, 4) is 0 Å². The van der Waals surface area contributed by atoms with Gasteiger partial charge in [0.15, 0.2) is 0 Å². The fourth-order valence-corrected chi connectivity index (χ4v) is 4.40. The first-order chi connectivity index (χ1) is 11.1. The molecule has 4 heteroatoms. The highest BCUT2D eigenvalue weighted by atomic mass is 16.1. The third-order valence-electron chi connectivity index (χ3n) is 6.01. The second-order valence-electron chi connectivity index (χ2n) is 8.02. The number of likely N-dealkylation sites (N-methyl/N-ethyl adjacent to an activating group) is 1. The summed E-state index contributed by atoms with van der Waals surface area (Å²) >= 11 is 0. The molecule has 1 saturated carbocycles. The van der Waals surface area contributed by atoms with Crippen LogP contribution in [-0.2, 0) is 4.79 Å². The van der Waals surface area contributed by atoms with Gasteiger partial charge in [-0.2, -0.15) is 0 Å². The Morgan fingerprint density at radius 2 is 1.83 bits per heavy atom. The highest BCUT2D eigenvalue weighted by molar-refractivity contribution is 5.76. The Labute approximate surface area is 142 Å². The zero-order valence-corrected chi connectivity index (χ0v) is 15.4. The maximum absolute atomic E-state index is 12.4. The Kier molecular flexibility index (Phi) is 7.84. The molecule has 2 fully saturated rings. The first kappa shape index (κ1) is 18.7. The van der Waals surface area contributed by atoms with Gasteiger partial charge in [-0.05, 0) is 70.6 Å². The van der Waals surface area contributed by atoms with Gasteiger partial charge in [0, 0.05) is 19.0 Å². The third kappa shape index (κ3) is 6.07. The summed E-state index contributed by atoms with van der Waals surface area (Å²) in [5.41, 5.74) is 0. The molecule has 23 heavy (non-hydrogen) atoms. The average Bonchev–Trinajstić information content (AvgIpc) is 2.56. The summed E-state index contributed by atoms with van der Waals surface area (Å²) < 4.78 is 0. The molecule has 0 aromatic carbocycles. The van der Waals surface area contributed by atoms with Crippen molar-refractivity contribution < 1.29 is 4.79 Å². The molecular weight excluding hydrogens is 286 g/mol. The molecule has 1 heterocycles. The third-order valence-corrected chi connectivity index (χ3v) is 6.01. The van der Waals surface area contributed by atoms with E-state index in [1.54, 1.807) is 0 Å². The molecule has 1 saturated heterocycles. The van der Waals surface area contributed by atoms with Crippen molar-refractivity contribution in [2.75, 3.05) is 33.7 Å². The standard InChI is InChI=1S/C19H37N3O/c1-15(17-10-7-11-20-13-17)12-19(23)21-14-18(22(2)3)16-8-5-4-6-9-16/h15-18,20H,4-14H2,1-3H3,(H,21,23). The van der Waals surface area contributed by atoms with Gasteiger partial charge in [0.05, 0.1) is 0 Å². The van der Waals surface area contributed by atoms with Crippen molar-refractivity contribution in [2.24, 2.45) is 17.8 Å². The quantitative estimate of drug-likeness (QED) is 0.757. The zero-order chi connectivity index (χ0) is 16.7. The van der Waals surface area contributed by atoms with Crippen LogP contribution in [0, 0.1) is 17.8 Å². The maximum Gasteiger partial charge on any atom is 0.220 e. The highest BCUT2D eigenvalue weighted by Crippen LogP contribution is 2.28. The summed E-state index contributed by atoms with van der Waals surface area (Å²) in [6, 6.07) is 0.492. The van der Waals surface area contributed by atoms with E-state index in [2.05, 4.69) is 36.6 Å². The van der Waals surface area contributed by atoms with Crippen LogP contribution in [-0.4, -0.2) is 50.6 Å². The van der Waals surface area contributed by atoms with E-state index in [9.17, 15) is 4.79 Å². The van der Waals surface area contributed by atoms with Gasteiger partial charge in [0.2, 0.25) is 5.91 Å². The second kappa shape index (κ2) is 9.63. The van der Waals surface area contributed by atoms with Gasteiger partial charge in [0.25, 0.3) is 0 Å². The van der Waals surface area contributed by atoms with E-state index in [0.29, 0.717) is 24.3 Å². The minimum atomic E-state index is 0.241. The fourth-order valence-electron chi connectivity index (χ4n) is 4.40. The number of amides is 1. The van der Waals surface area contributed by atoms with Crippen molar-refractivity contribution in [3.05, 3.63) is 0 Å². The molecule has 1 amide bonds. The molecule has 134 valence electrons. The first-order valence-corrected chi connectivity index (χ1v) is 9.71. The number of nitrogens with one attached hydrogen (secondary N) is 2. The van der Waals surface area contributed by atoms with Gasteiger partial charge < -0.3 is 15.5 Å². The minimum Gasteiger partial charge on any atom is -0.355 e. The molecule has 0 aromatic heterocycles. The lowest BCUT2D eigenvalue weighted by Gasteiger charge is -2.35. The van der Waals surface area contributed by atoms with Crippen LogP contribution in [0.5, 0.6) is 0 Å². The maximum atomic E-state index is 12.4. The lowest BCUT2D eigenvalue weighted by Crippen LogP contribution is -2.46. The van der Waals surface area contributed by atoms with Crippen molar-refractivity contribution in [3.63, 3.8) is 0 Å². The topological polar surface area (TPSA) is 44.4 Å². The Bertz CT molecular complexity index is 347. The zero-order valence-electron chi connectivity index (χ0n) is 15.4. The van der Waals surface area contributed by atoms with E-state index in [0.717, 1.165) is 25.6 Å². The van der Waals surface area contributed by atoms with Gasteiger partial charge >= 0.3 is 0 Å². The summed E-state index contributed by atoms with van der Waals surface area (Å²) in [7, 11) is 4.31. The van der Waals surface area contributed by atoms with Crippen molar-refractivity contribution in [1.29, 1.82) is 0 Å². The number of hydrogen-bond donors (Lipinski definition) is 2. The van der Waals surface area contributed by atoms with E-state index in [1.165, 1.54) is 44.9 Å². The van der Waals surface area contributed by atoms with E-state index in [-0.39, 0.29) is 5.91 Å². The smallest absolute Gasteiger partial charge is 0.220 e. The number of carbonyl (C=O) groups excluding carboxylic acids is 1. The molecular formula is C19H37N3O. The molecule has 4 nitrogen and oxygen atoms in total.